The Kier molecular flexibility index (Phi) is 7.22. The standard InChI is InChI=1S/C21H20F6N2O6S/c1-9-15(11-5-7-13(23)16(24)17(11)34-3)18(35-20(9,2)21(25,26)27)19(30)28-10-4-6-12(22)14(8-10)29-36(31,32)33/h4-9,15,18,29H,1-3H3,(H,28,30)(H,31,32,33)/t9-,15-,18+,20+/m0/s1. The zero-order valence-electron chi connectivity index (χ0n) is 18.8. The van der Waals surface area contributed by atoms with Crippen LogP contribution >= 0.6 is 0 Å². The Morgan fingerprint density at radius 3 is 2.31 bits per heavy atom. The van der Waals surface area contributed by atoms with Gasteiger partial charge in [-0.2, -0.15) is 26.0 Å². The smallest absolute Gasteiger partial charge is 0.417 e. The van der Waals surface area contributed by atoms with E-state index >= 15 is 0 Å². The van der Waals surface area contributed by atoms with Crippen LogP contribution in [0.2, 0.25) is 0 Å². The number of carbonyl (C=O) groups is 1. The number of ether oxygens (including phenoxy) is 2. The minimum Gasteiger partial charge on any atom is -0.493 e. The van der Waals surface area contributed by atoms with Gasteiger partial charge >= 0.3 is 16.5 Å². The quantitative estimate of drug-likeness (QED) is 0.368. The molecule has 4 atom stereocenters. The molecule has 0 aromatic heterocycles. The lowest BCUT2D eigenvalue weighted by Gasteiger charge is -2.32. The molecule has 0 unspecified atom stereocenters. The molecule has 1 heterocycles. The first-order chi connectivity index (χ1) is 16.5. The van der Waals surface area contributed by atoms with Crippen LogP contribution in [0.25, 0.3) is 0 Å². The summed E-state index contributed by atoms with van der Waals surface area (Å²) in [5.74, 6) is -8.81. The van der Waals surface area contributed by atoms with Gasteiger partial charge in [-0.25, -0.2) is 8.78 Å². The van der Waals surface area contributed by atoms with Gasteiger partial charge in [-0.05, 0) is 31.2 Å². The molecule has 0 radical (unpaired) electrons. The highest BCUT2D eigenvalue weighted by Crippen LogP contribution is 2.55. The highest BCUT2D eigenvalue weighted by atomic mass is 32.2. The third kappa shape index (κ3) is 5.08. The second kappa shape index (κ2) is 9.44. The molecule has 0 saturated carbocycles. The van der Waals surface area contributed by atoms with Crippen LogP contribution in [0.15, 0.2) is 30.3 Å². The van der Waals surface area contributed by atoms with E-state index in [1.165, 1.54) is 4.72 Å². The summed E-state index contributed by atoms with van der Waals surface area (Å²) < 4.78 is 126. The number of hydrogen-bond acceptors (Lipinski definition) is 5. The summed E-state index contributed by atoms with van der Waals surface area (Å²) in [6.07, 6.45) is -6.90. The highest BCUT2D eigenvalue weighted by Gasteiger charge is 2.65. The third-order valence-corrected chi connectivity index (χ3v) is 6.52. The SMILES string of the molecule is COc1c([C@H]2[C@H](C(=O)Nc3ccc(F)c(NS(=O)(=O)O)c3)O[C@@](C)(C(F)(F)F)[C@H]2C)ccc(F)c1F. The fraction of sp³-hybridized carbons (Fsp3) is 0.381. The van der Waals surface area contributed by atoms with E-state index in [4.69, 9.17) is 14.0 Å². The van der Waals surface area contributed by atoms with E-state index in [0.29, 0.717) is 13.0 Å². The van der Waals surface area contributed by atoms with E-state index in [2.05, 4.69) is 5.32 Å². The molecule has 2 aromatic rings. The fourth-order valence-electron chi connectivity index (χ4n) is 4.07. The highest BCUT2D eigenvalue weighted by molar-refractivity contribution is 7.87. The first-order valence-electron chi connectivity index (χ1n) is 10.1. The predicted molar refractivity (Wildman–Crippen MR) is 114 cm³/mol. The topological polar surface area (TPSA) is 114 Å². The number of nitrogens with one attached hydrogen (secondary N) is 2. The van der Waals surface area contributed by atoms with Crippen LogP contribution in [0, 0.1) is 23.4 Å². The van der Waals surface area contributed by atoms with Gasteiger partial charge in [-0.3, -0.25) is 14.1 Å². The molecule has 2 aromatic carbocycles. The van der Waals surface area contributed by atoms with Crippen molar-refractivity contribution in [3.63, 3.8) is 0 Å². The van der Waals surface area contributed by atoms with Gasteiger partial charge in [0.15, 0.2) is 17.2 Å². The van der Waals surface area contributed by atoms with Crippen molar-refractivity contribution in [3.8, 4) is 5.75 Å². The Labute approximate surface area is 201 Å². The minimum atomic E-state index is -4.98. The summed E-state index contributed by atoms with van der Waals surface area (Å²) in [6.45, 7) is 1.83. The molecule has 1 amide bonds. The Hall–Kier alpha value is -3.04. The average molecular weight is 542 g/mol. The number of anilines is 2. The molecule has 1 fully saturated rings. The summed E-state index contributed by atoms with van der Waals surface area (Å²) in [5.41, 5.74) is -4.20. The Morgan fingerprint density at radius 2 is 1.75 bits per heavy atom. The third-order valence-electron chi connectivity index (χ3n) is 6.04. The molecule has 1 saturated heterocycles. The van der Waals surface area contributed by atoms with Crippen molar-refractivity contribution in [2.24, 2.45) is 5.92 Å². The number of carbonyl (C=O) groups excluding carboxylic acids is 1. The van der Waals surface area contributed by atoms with Crippen LogP contribution in [0.1, 0.15) is 25.3 Å². The van der Waals surface area contributed by atoms with Crippen LogP contribution in [-0.4, -0.2) is 43.9 Å². The first kappa shape index (κ1) is 27.5. The number of amides is 1. The van der Waals surface area contributed by atoms with E-state index in [1.54, 1.807) is 0 Å². The first-order valence-corrected chi connectivity index (χ1v) is 11.6. The van der Waals surface area contributed by atoms with Gasteiger partial charge in [0.05, 0.1) is 12.8 Å². The second-order valence-electron chi connectivity index (χ2n) is 8.20. The molecule has 8 nitrogen and oxygen atoms in total. The van der Waals surface area contributed by atoms with Gasteiger partial charge in [0.1, 0.15) is 11.9 Å². The Morgan fingerprint density at radius 1 is 1.14 bits per heavy atom. The van der Waals surface area contributed by atoms with Gasteiger partial charge in [-0.15, -0.1) is 0 Å². The number of methoxy groups -OCH3 is 1. The summed E-state index contributed by atoms with van der Waals surface area (Å²) in [7, 11) is -3.92. The van der Waals surface area contributed by atoms with Crippen LogP contribution in [-0.2, 0) is 19.8 Å². The molecular weight excluding hydrogens is 522 g/mol. The van der Waals surface area contributed by atoms with Crippen molar-refractivity contribution >= 4 is 27.6 Å². The van der Waals surface area contributed by atoms with Crippen LogP contribution in [0.4, 0.5) is 37.7 Å². The van der Waals surface area contributed by atoms with Crippen molar-refractivity contribution < 1.29 is 53.6 Å². The predicted octanol–water partition coefficient (Wildman–Crippen LogP) is 4.41. The summed E-state index contributed by atoms with van der Waals surface area (Å²) in [5, 5.41) is 2.19. The molecule has 36 heavy (non-hydrogen) atoms. The molecule has 0 spiro atoms. The molecule has 3 rings (SSSR count). The second-order valence-corrected chi connectivity index (χ2v) is 9.36. The van der Waals surface area contributed by atoms with Gasteiger partial charge in [0.25, 0.3) is 5.91 Å². The maximum absolute atomic E-state index is 14.4. The van der Waals surface area contributed by atoms with Crippen LogP contribution in [0.5, 0.6) is 5.75 Å². The number of benzene rings is 2. The Balaban J connectivity index is 2.06. The van der Waals surface area contributed by atoms with Crippen LogP contribution in [0.3, 0.4) is 0 Å². The molecule has 0 aliphatic carbocycles. The van der Waals surface area contributed by atoms with Crippen molar-refractivity contribution in [1.82, 2.24) is 0 Å². The number of halogens is 6. The number of hydrogen-bond donors (Lipinski definition) is 3. The monoisotopic (exact) mass is 542 g/mol. The molecular formula is C21H20F6N2O6S. The van der Waals surface area contributed by atoms with E-state index in [9.17, 15) is 39.6 Å². The van der Waals surface area contributed by atoms with Gasteiger partial charge in [-0.1, -0.05) is 13.0 Å². The van der Waals surface area contributed by atoms with E-state index in [0.717, 1.165) is 38.3 Å². The van der Waals surface area contributed by atoms with Gasteiger partial charge < -0.3 is 14.8 Å². The van der Waals surface area contributed by atoms with Crippen molar-refractivity contribution in [1.29, 1.82) is 0 Å². The number of alkyl halides is 3. The fourth-order valence-corrected chi connectivity index (χ4v) is 4.51. The number of rotatable bonds is 6. The summed E-state index contributed by atoms with van der Waals surface area (Å²) in [6, 6.07) is 4.10. The zero-order chi connectivity index (χ0) is 27.2. The lowest BCUT2D eigenvalue weighted by Crippen LogP contribution is -2.47. The summed E-state index contributed by atoms with van der Waals surface area (Å²) >= 11 is 0. The molecule has 0 bridgehead atoms. The van der Waals surface area contributed by atoms with Gasteiger partial charge in [0.2, 0.25) is 5.82 Å². The van der Waals surface area contributed by atoms with Crippen molar-refractivity contribution in [2.75, 3.05) is 17.1 Å². The molecule has 1 aliphatic heterocycles. The van der Waals surface area contributed by atoms with Crippen molar-refractivity contribution in [2.45, 2.75) is 37.6 Å². The maximum Gasteiger partial charge on any atom is 0.417 e. The van der Waals surface area contributed by atoms with Crippen LogP contribution < -0.4 is 14.8 Å². The average Bonchev–Trinajstić information content (AvgIpc) is 3.03. The van der Waals surface area contributed by atoms with E-state index in [1.807, 2.05) is 0 Å². The molecule has 15 heteroatoms. The zero-order valence-corrected chi connectivity index (χ0v) is 19.6. The minimum absolute atomic E-state index is 0.259. The Bertz CT molecular complexity index is 1290. The van der Waals surface area contributed by atoms with E-state index < -0.39 is 74.8 Å². The summed E-state index contributed by atoms with van der Waals surface area (Å²) in [4.78, 5) is 13.1. The molecule has 198 valence electrons. The van der Waals surface area contributed by atoms with Gasteiger partial charge in [0, 0.05) is 23.1 Å². The maximum atomic E-state index is 14.4. The molecule has 3 N–H and O–H groups in total. The lowest BCUT2D eigenvalue weighted by atomic mass is 9.77. The van der Waals surface area contributed by atoms with Crippen molar-refractivity contribution in [3.05, 3.63) is 53.3 Å². The lowest BCUT2D eigenvalue weighted by molar-refractivity contribution is -0.272. The van der Waals surface area contributed by atoms with E-state index in [-0.39, 0.29) is 11.3 Å². The molecule has 1 aliphatic rings. The normalized spacial score (nSPS) is 24.4. The largest absolute Gasteiger partial charge is 0.493 e.